The second kappa shape index (κ2) is 9.42. The number of hydrogen-bond donors (Lipinski definition) is 1. The summed E-state index contributed by atoms with van der Waals surface area (Å²) in [5, 5.41) is 3.48. The van der Waals surface area contributed by atoms with Crippen LogP contribution >= 0.6 is 38.5 Å². The second-order valence-electron chi connectivity index (χ2n) is 3.91. The lowest BCUT2D eigenvalue weighted by Crippen LogP contribution is -2.14. The molecule has 0 aliphatic rings. The third kappa shape index (κ3) is 6.86. The van der Waals surface area contributed by atoms with Gasteiger partial charge in [0.1, 0.15) is 0 Å². The molecule has 1 aromatic carbocycles. The van der Waals surface area contributed by atoms with Gasteiger partial charge in [0, 0.05) is 11.0 Å². The Labute approximate surface area is 121 Å². The summed E-state index contributed by atoms with van der Waals surface area (Å²) < 4.78 is 2.46. The van der Waals surface area contributed by atoms with Crippen LogP contribution < -0.4 is 5.32 Å². The van der Waals surface area contributed by atoms with Crippen molar-refractivity contribution in [2.45, 2.75) is 32.2 Å². The van der Waals surface area contributed by atoms with Crippen LogP contribution in [0.2, 0.25) is 0 Å². The molecule has 1 N–H and O–H groups in total. The van der Waals surface area contributed by atoms with Gasteiger partial charge in [-0.1, -0.05) is 63.5 Å². The molecule has 0 bridgehead atoms. The monoisotopic (exact) mass is 395 g/mol. The maximum absolute atomic E-state index is 3.48. The zero-order chi connectivity index (χ0) is 11.6. The molecule has 0 unspecified atom stereocenters. The highest BCUT2D eigenvalue weighted by atomic mass is 127. The lowest BCUT2D eigenvalue weighted by molar-refractivity contribution is 0.600. The molecule has 1 nitrogen and oxygen atoms in total. The van der Waals surface area contributed by atoms with E-state index in [9.17, 15) is 0 Å². The summed E-state index contributed by atoms with van der Waals surface area (Å²) in [5.41, 5.74) is 1.35. The van der Waals surface area contributed by atoms with Gasteiger partial charge >= 0.3 is 0 Å². The molecule has 0 fully saturated rings. The first kappa shape index (κ1) is 14.5. The molecule has 0 aliphatic carbocycles. The lowest BCUT2D eigenvalue weighted by Gasteiger charge is -2.05. The Morgan fingerprint density at radius 1 is 1.12 bits per heavy atom. The first-order valence-electron chi connectivity index (χ1n) is 5.84. The lowest BCUT2D eigenvalue weighted by atomic mass is 10.2. The molecule has 0 saturated carbocycles. The van der Waals surface area contributed by atoms with Gasteiger partial charge in [-0.05, 0) is 41.5 Å². The standard InChI is InChI=1S/C13H19BrIN/c14-13-7-5-6-12(10-13)11-16-9-4-2-1-3-8-15/h5-7,10,16H,1-4,8-9,11H2. The predicted octanol–water partition coefficient (Wildman–Crippen LogP) is 4.53. The van der Waals surface area contributed by atoms with Crippen molar-refractivity contribution in [1.82, 2.24) is 5.32 Å². The van der Waals surface area contributed by atoms with Crippen molar-refractivity contribution < 1.29 is 0 Å². The minimum atomic E-state index is 0.978. The SMILES string of the molecule is Brc1cccc(CNCCCCCCI)c1. The first-order valence-corrected chi connectivity index (χ1v) is 8.16. The molecule has 90 valence electrons. The van der Waals surface area contributed by atoms with Gasteiger partial charge in [0.05, 0.1) is 0 Å². The summed E-state index contributed by atoms with van der Waals surface area (Å²) in [5.74, 6) is 0. The van der Waals surface area contributed by atoms with E-state index < -0.39 is 0 Å². The third-order valence-electron chi connectivity index (χ3n) is 2.46. The molecule has 0 saturated heterocycles. The Balaban J connectivity index is 2.03. The maximum atomic E-state index is 3.48. The van der Waals surface area contributed by atoms with Crippen molar-refractivity contribution >= 4 is 38.5 Å². The predicted molar refractivity (Wildman–Crippen MR) is 83.2 cm³/mol. The van der Waals surface area contributed by atoms with E-state index in [1.807, 2.05) is 0 Å². The van der Waals surface area contributed by atoms with E-state index >= 15 is 0 Å². The molecule has 0 radical (unpaired) electrons. The van der Waals surface area contributed by atoms with Crippen LogP contribution in [0.1, 0.15) is 31.2 Å². The molecule has 1 rings (SSSR count). The van der Waals surface area contributed by atoms with Gasteiger partial charge in [0.15, 0.2) is 0 Å². The third-order valence-corrected chi connectivity index (χ3v) is 3.71. The van der Waals surface area contributed by atoms with E-state index in [1.54, 1.807) is 0 Å². The van der Waals surface area contributed by atoms with Gasteiger partial charge in [-0.15, -0.1) is 0 Å². The number of halogens is 2. The Morgan fingerprint density at radius 2 is 1.94 bits per heavy atom. The van der Waals surface area contributed by atoms with Gasteiger partial charge in [-0.2, -0.15) is 0 Å². The van der Waals surface area contributed by atoms with E-state index in [1.165, 1.54) is 35.7 Å². The summed E-state index contributed by atoms with van der Waals surface area (Å²) in [7, 11) is 0. The Morgan fingerprint density at radius 3 is 2.69 bits per heavy atom. The Hall–Kier alpha value is 0.390. The molecular weight excluding hydrogens is 377 g/mol. The summed E-state index contributed by atoms with van der Waals surface area (Å²) in [6.45, 7) is 2.11. The van der Waals surface area contributed by atoms with Gasteiger partial charge in [-0.3, -0.25) is 0 Å². The van der Waals surface area contributed by atoms with Crippen molar-refractivity contribution in [3.63, 3.8) is 0 Å². The van der Waals surface area contributed by atoms with Crippen LogP contribution in [0.4, 0.5) is 0 Å². The van der Waals surface area contributed by atoms with Crippen molar-refractivity contribution in [2.24, 2.45) is 0 Å². The Bertz CT molecular complexity index is 291. The van der Waals surface area contributed by atoms with Gasteiger partial charge < -0.3 is 5.32 Å². The average Bonchev–Trinajstić information content (AvgIpc) is 2.28. The highest BCUT2D eigenvalue weighted by Crippen LogP contribution is 2.11. The molecule has 0 spiro atoms. The average molecular weight is 396 g/mol. The zero-order valence-corrected chi connectivity index (χ0v) is 13.3. The minimum Gasteiger partial charge on any atom is -0.313 e. The quantitative estimate of drug-likeness (QED) is 0.387. The second-order valence-corrected chi connectivity index (χ2v) is 5.90. The van der Waals surface area contributed by atoms with Crippen molar-refractivity contribution in [2.75, 3.05) is 11.0 Å². The summed E-state index contributed by atoms with van der Waals surface area (Å²) in [6.07, 6.45) is 5.40. The van der Waals surface area contributed by atoms with Crippen LogP contribution in [0.5, 0.6) is 0 Å². The fraction of sp³-hybridized carbons (Fsp3) is 0.538. The summed E-state index contributed by atoms with van der Waals surface area (Å²) >= 11 is 5.93. The van der Waals surface area contributed by atoms with Gasteiger partial charge in [0.25, 0.3) is 0 Å². The number of unbranched alkanes of at least 4 members (excludes halogenated alkanes) is 3. The smallest absolute Gasteiger partial charge is 0.0205 e. The number of alkyl halides is 1. The molecule has 0 aliphatic heterocycles. The van der Waals surface area contributed by atoms with E-state index in [0.29, 0.717) is 0 Å². The summed E-state index contributed by atoms with van der Waals surface area (Å²) in [6, 6.07) is 8.48. The normalized spacial score (nSPS) is 10.6. The Kier molecular flexibility index (Phi) is 8.51. The molecular formula is C13H19BrIN. The first-order chi connectivity index (χ1) is 7.83. The van der Waals surface area contributed by atoms with E-state index in [0.717, 1.165) is 17.6 Å². The number of benzene rings is 1. The van der Waals surface area contributed by atoms with Crippen LogP contribution in [0.25, 0.3) is 0 Å². The molecule has 1 aromatic rings. The molecule has 0 heterocycles. The topological polar surface area (TPSA) is 12.0 Å². The summed E-state index contributed by atoms with van der Waals surface area (Å²) in [4.78, 5) is 0. The van der Waals surface area contributed by atoms with Crippen LogP contribution in [0, 0.1) is 0 Å². The molecule has 0 aromatic heterocycles. The highest BCUT2D eigenvalue weighted by Gasteiger charge is 1.93. The molecule has 0 atom stereocenters. The highest BCUT2D eigenvalue weighted by molar-refractivity contribution is 14.1. The van der Waals surface area contributed by atoms with Crippen molar-refractivity contribution in [3.05, 3.63) is 34.3 Å². The molecule has 0 amide bonds. The van der Waals surface area contributed by atoms with Gasteiger partial charge in [-0.25, -0.2) is 0 Å². The van der Waals surface area contributed by atoms with Crippen LogP contribution in [0.3, 0.4) is 0 Å². The van der Waals surface area contributed by atoms with Crippen molar-refractivity contribution in [3.8, 4) is 0 Å². The molecule has 3 heteroatoms. The van der Waals surface area contributed by atoms with E-state index in [4.69, 9.17) is 0 Å². The number of hydrogen-bond acceptors (Lipinski definition) is 1. The van der Waals surface area contributed by atoms with Crippen LogP contribution in [-0.2, 0) is 6.54 Å². The largest absolute Gasteiger partial charge is 0.313 e. The maximum Gasteiger partial charge on any atom is 0.0205 e. The fourth-order valence-electron chi connectivity index (χ4n) is 1.58. The molecule has 16 heavy (non-hydrogen) atoms. The van der Waals surface area contributed by atoms with Gasteiger partial charge in [0.2, 0.25) is 0 Å². The van der Waals surface area contributed by atoms with E-state index in [2.05, 4.69) is 68.1 Å². The van der Waals surface area contributed by atoms with E-state index in [-0.39, 0.29) is 0 Å². The van der Waals surface area contributed by atoms with Crippen LogP contribution in [0.15, 0.2) is 28.7 Å². The van der Waals surface area contributed by atoms with Crippen molar-refractivity contribution in [1.29, 1.82) is 0 Å². The zero-order valence-electron chi connectivity index (χ0n) is 9.52. The number of nitrogens with one attached hydrogen (secondary N) is 1. The number of rotatable bonds is 8. The minimum absolute atomic E-state index is 0.978. The fourth-order valence-corrected chi connectivity index (χ4v) is 2.56. The van der Waals surface area contributed by atoms with Crippen LogP contribution in [-0.4, -0.2) is 11.0 Å².